The van der Waals surface area contributed by atoms with Gasteiger partial charge in [0.25, 0.3) is 0 Å². The van der Waals surface area contributed by atoms with Crippen molar-refractivity contribution in [2.45, 2.75) is 32.0 Å². The van der Waals surface area contributed by atoms with Gasteiger partial charge in [-0.05, 0) is 13.3 Å². The number of nitrogens with zero attached hydrogens (tertiary/aromatic N) is 1. The highest BCUT2D eigenvalue weighted by atomic mass is 16.7. The van der Waals surface area contributed by atoms with Crippen LogP contribution in [0.3, 0.4) is 0 Å². The van der Waals surface area contributed by atoms with Crippen molar-refractivity contribution in [1.82, 2.24) is 10.2 Å². The number of piperazine rings is 1. The minimum atomic E-state index is -0.554. The molecule has 0 atom stereocenters. The Kier molecular flexibility index (Phi) is 4.36. The molecule has 0 saturated carbocycles. The van der Waals surface area contributed by atoms with Gasteiger partial charge in [-0.2, -0.15) is 0 Å². The highest BCUT2D eigenvalue weighted by molar-refractivity contribution is 5.76. The fourth-order valence-electron chi connectivity index (χ4n) is 2.23. The van der Waals surface area contributed by atoms with Gasteiger partial charge in [0.2, 0.25) is 5.91 Å². The zero-order valence-electron chi connectivity index (χ0n) is 10.5. The van der Waals surface area contributed by atoms with Crippen LogP contribution in [0.4, 0.5) is 0 Å². The smallest absolute Gasteiger partial charge is 0.222 e. The molecule has 1 amide bonds. The van der Waals surface area contributed by atoms with E-state index >= 15 is 0 Å². The molecule has 1 N–H and O–H groups in total. The van der Waals surface area contributed by atoms with Gasteiger partial charge in [-0.15, -0.1) is 0 Å². The van der Waals surface area contributed by atoms with Crippen LogP contribution >= 0.6 is 0 Å². The summed E-state index contributed by atoms with van der Waals surface area (Å²) in [7, 11) is 0. The Morgan fingerprint density at radius 1 is 1.29 bits per heavy atom. The van der Waals surface area contributed by atoms with E-state index in [4.69, 9.17) is 9.47 Å². The number of amides is 1. The zero-order valence-corrected chi connectivity index (χ0v) is 10.5. The first-order chi connectivity index (χ1) is 8.20. The zero-order chi connectivity index (χ0) is 12.1. The van der Waals surface area contributed by atoms with Gasteiger partial charge < -0.3 is 19.7 Å². The molecule has 0 aromatic heterocycles. The summed E-state index contributed by atoms with van der Waals surface area (Å²) in [5, 5.41) is 3.24. The molecule has 0 radical (unpaired) electrons. The third-order valence-electron chi connectivity index (χ3n) is 3.37. The molecule has 0 bridgehead atoms. The SMILES string of the molecule is CC1(CCC(=O)N2CCNCC2)OCCCO1. The molecule has 2 rings (SSSR count). The second-order valence-corrected chi connectivity index (χ2v) is 4.82. The van der Waals surface area contributed by atoms with E-state index in [0.717, 1.165) is 45.8 Å². The Hall–Kier alpha value is -0.650. The van der Waals surface area contributed by atoms with Gasteiger partial charge >= 0.3 is 0 Å². The summed E-state index contributed by atoms with van der Waals surface area (Å²) in [5.41, 5.74) is 0. The Morgan fingerprint density at radius 3 is 2.59 bits per heavy atom. The van der Waals surface area contributed by atoms with E-state index in [9.17, 15) is 4.79 Å². The molecule has 17 heavy (non-hydrogen) atoms. The van der Waals surface area contributed by atoms with Gasteiger partial charge in [-0.1, -0.05) is 0 Å². The van der Waals surface area contributed by atoms with Crippen molar-refractivity contribution in [1.29, 1.82) is 0 Å². The molecule has 2 aliphatic heterocycles. The van der Waals surface area contributed by atoms with Crippen molar-refractivity contribution < 1.29 is 14.3 Å². The van der Waals surface area contributed by atoms with Crippen LogP contribution in [0.25, 0.3) is 0 Å². The Bertz CT molecular complexity index is 258. The quantitative estimate of drug-likeness (QED) is 0.776. The van der Waals surface area contributed by atoms with Crippen LogP contribution in [-0.4, -0.2) is 56.0 Å². The largest absolute Gasteiger partial charge is 0.350 e. The summed E-state index contributed by atoms with van der Waals surface area (Å²) in [6, 6.07) is 0. The molecule has 2 saturated heterocycles. The van der Waals surface area contributed by atoms with Crippen LogP contribution in [0.5, 0.6) is 0 Å². The molecule has 0 aromatic rings. The molecule has 2 fully saturated rings. The van der Waals surface area contributed by atoms with Gasteiger partial charge in [0.15, 0.2) is 5.79 Å². The van der Waals surface area contributed by atoms with Crippen LogP contribution in [0.1, 0.15) is 26.2 Å². The van der Waals surface area contributed by atoms with Crippen LogP contribution in [0.2, 0.25) is 0 Å². The van der Waals surface area contributed by atoms with E-state index in [1.807, 2.05) is 11.8 Å². The highest BCUT2D eigenvalue weighted by Gasteiger charge is 2.30. The van der Waals surface area contributed by atoms with Crippen LogP contribution < -0.4 is 5.32 Å². The first-order valence-electron chi connectivity index (χ1n) is 6.46. The van der Waals surface area contributed by atoms with Crippen molar-refractivity contribution in [3.63, 3.8) is 0 Å². The second kappa shape index (κ2) is 5.80. The topological polar surface area (TPSA) is 50.8 Å². The second-order valence-electron chi connectivity index (χ2n) is 4.82. The molecule has 98 valence electrons. The summed E-state index contributed by atoms with van der Waals surface area (Å²) in [5.74, 6) is -0.340. The fraction of sp³-hybridized carbons (Fsp3) is 0.917. The van der Waals surface area contributed by atoms with Gasteiger partial charge in [-0.25, -0.2) is 0 Å². The molecule has 5 heteroatoms. The van der Waals surface area contributed by atoms with Gasteiger partial charge in [0.1, 0.15) is 0 Å². The standard InChI is InChI=1S/C12H22N2O3/c1-12(16-9-2-10-17-12)4-3-11(15)14-7-5-13-6-8-14/h13H,2-10H2,1H3. The van der Waals surface area contributed by atoms with Crippen molar-refractivity contribution in [2.75, 3.05) is 39.4 Å². The lowest BCUT2D eigenvalue weighted by Gasteiger charge is -2.35. The normalized spacial score (nSPS) is 24.6. The van der Waals surface area contributed by atoms with E-state index in [1.165, 1.54) is 0 Å². The third kappa shape index (κ3) is 3.66. The minimum absolute atomic E-state index is 0.213. The van der Waals surface area contributed by atoms with Gasteiger partial charge in [0, 0.05) is 39.0 Å². The van der Waals surface area contributed by atoms with E-state index in [0.29, 0.717) is 12.8 Å². The van der Waals surface area contributed by atoms with Crippen LogP contribution in [0, 0.1) is 0 Å². The Balaban J connectivity index is 1.74. The predicted molar refractivity (Wildman–Crippen MR) is 63.6 cm³/mol. The summed E-state index contributed by atoms with van der Waals surface area (Å²) in [6.07, 6.45) is 2.10. The molecule has 2 heterocycles. The maximum atomic E-state index is 12.0. The lowest BCUT2D eigenvalue weighted by atomic mass is 10.1. The maximum absolute atomic E-state index is 12.0. The monoisotopic (exact) mass is 242 g/mol. The number of hydrogen-bond donors (Lipinski definition) is 1. The first kappa shape index (κ1) is 12.8. The molecule has 5 nitrogen and oxygen atoms in total. The number of carbonyl (C=O) groups is 1. The molecular weight excluding hydrogens is 220 g/mol. The lowest BCUT2D eigenvalue weighted by molar-refractivity contribution is -0.259. The van der Waals surface area contributed by atoms with Crippen LogP contribution in [-0.2, 0) is 14.3 Å². The number of ether oxygens (including phenoxy) is 2. The van der Waals surface area contributed by atoms with E-state index in [2.05, 4.69) is 5.32 Å². The van der Waals surface area contributed by atoms with Crippen molar-refractivity contribution >= 4 is 5.91 Å². The van der Waals surface area contributed by atoms with Crippen LogP contribution in [0.15, 0.2) is 0 Å². The van der Waals surface area contributed by atoms with E-state index in [1.54, 1.807) is 0 Å². The van der Waals surface area contributed by atoms with Crippen molar-refractivity contribution in [3.8, 4) is 0 Å². The highest BCUT2D eigenvalue weighted by Crippen LogP contribution is 2.24. The average molecular weight is 242 g/mol. The van der Waals surface area contributed by atoms with Crippen molar-refractivity contribution in [3.05, 3.63) is 0 Å². The molecule has 0 spiro atoms. The Labute approximate surface area is 102 Å². The molecular formula is C12H22N2O3. The maximum Gasteiger partial charge on any atom is 0.222 e. The lowest BCUT2D eigenvalue weighted by Crippen LogP contribution is -2.47. The molecule has 0 unspecified atom stereocenters. The first-order valence-corrected chi connectivity index (χ1v) is 6.46. The number of hydrogen-bond acceptors (Lipinski definition) is 4. The average Bonchev–Trinajstić information content (AvgIpc) is 2.38. The molecule has 0 aliphatic carbocycles. The van der Waals surface area contributed by atoms with Gasteiger partial charge in [0.05, 0.1) is 13.2 Å². The molecule has 0 aromatic carbocycles. The number of rotatable bonds is 3. The Morgan fingerprint density at radius 2 is 1.94 bits per heavy atom. The predicted octanol–water partition coefficient (Wildman–Crippen LogP) is 0.352. The van der Waals surface area contributed by atoms with Crippen molar-refractivity contribution in [2.24, 2.45) is 0 Å². The third-order valence-corrected chi connectivity index (χ3v) is 3.37. The van der Waals surface area contributed by atoms with Gasteiger partial charge in [-0.3, -0.25) is 4.79 Å². The summed E-state index contributed by atoms with van der Waals surface area (Å²) < 4.78 is 11.2. The number of carbonyl (C=O) groups excluding carboxylic acids is 1. The molecule has 2 aliphatic rings. The number of nitrogens with one attached hydrogen (secondary N) is 1. The van der Waals surface area contributed by atoms with E-state index < -0.39 is 5.79 Å². The summed E-state index contributed by atoms with van der Waals surface area (Å²) in [4.78, 5) is 13.9. The minimum Gasteiger partial charge on any atom is -0.350 e. The summed E-state index contributed by atoms with van der Waals surface area (Å²) in [6.45, 7) is 6.83. The summed E-state index contributed by atoms with van der Waals surface area (Å²) >= 11 is 0. The fourth-order valence-corrected chi connectivity index (χ4v) is 2.23. The van der Waals surface area contributed by atoms with E-state index in [-0.39, 0.29) is 5.91 Å².